The van der Waals surface area contributed by atoms with E-state index in [1.165, 1.54) is 7.11 Å². The lowest BCUT2D eigenvalue weighted by Gasteiger charge is -2.20. The van der Waals surface area contributed by atoms with Crippen molar-refractivity contribution in [1.82, 2.24) is 0 Å². The van der Waals surface area contributed by atoms with Crippen molar-refractivity contribution in [3.63, 3.8) is 0 Å². The van der Waals surface area contributed by atoms with Crippen LogP contribution < -0.4 is 0 Å². The Hall–Kier alpha value is -1.13. The van der Waals surface area contributed by atoms with E-state index >= 15 is 0 Å². The number of benzene rings is 1. The molecular weight excluding hydrogens is 284 g/mol. The number of aliphatic hydroxyl groups excluding tert-OH is 1. The van der Waals surface area contributed by atoms with Gasteiger partial charge in [0.2, 0.25) is 0 Å². The highest BCUT2D eigenvalue weighted by molar-refractivity contribution is 9.10. The first-order valence-corrected chi connectivity index (χ1v) is 5.97. The van der Waals surface area contributed by atoms with Crippen LogP contribution in [0.1, 0.15) is 18.6 Å². The fourth-order valence-electron chi connectivity index (χ4n) is 1.46. The predicted octanol–water partition coefficient (Wildman–Crippen LogP) is 2.85. The van der Waals surface area contributed by atoms with Gasteiger partial charge in [0.1, 0.15) is 0 Å². The quantitative estimate of drug-likeness (QED) is 0.687. The van der Waals surface area contributed by atoms with Crippen LogP contribution in [-0.2, 0) is 9.53 Å². The van der Waals surface area contributed by atoms with Crippen molar-refractivity contribution in [3.8, 4) is 0 Å². The van der Waals surface area contributed by atoms with Crippen molar-refractivity contribution in [2.24, 2.45) is 5.92 Å². The van der Waals surface area contributed by atoms with Crippen LogP contribution in [0.3, 0.4) is 0 Å². The number of hydrogen-bond donors (Lipinski definition) is 1. The molecule has 0 aliphatic carbocycles. The van der Waals surface area contributed by atoms with Crippen LogP contribution in [0.15, 0.2) is 40.9 Å². The Kier molecular flexibility index (Phi) is 4.90. The van der Waals surface area contributed by atoms with Gasteiger partial charge in [-0.2, -0.15) is 0 Å². The minimum absolute atomic E-state index is 0.267. The van der Waals surface area contributed by atoms with E-state index in [2.05, 4.69) is 27.2 Å². The molecule has 4 heteroatoms. The average Bonchev–Trinajstić information content (AvgIpc) is 2.36. The SMILES string of the molecule is C=C(C(=O)OC)[C@@H](C)[C@H](O)c1ccc(Br)cc1. The zero-order valence-electron chi connectivity index (χ0n) is 9.81. The van der Waals surface area contributed by atoms with E-state index in [-0.39, 0.29) is 11.5 Å². The number of halogens is 1. The summed E-state index contributed by atoms with van der Waals surface area (Å²) in [5.74, 6) is -0.878. The lowest BCUT2D eigenvalue weighted by Crippen LogP contribution is -2.17. The lowest BCUT2D eigenvalue weighted by molar-refractivity contribution is -0.137. The van der Waals surface area contributed by atoms with Crippen molar-refractivity contribution in [3.05, 3.63) is 46.5 Å². The molecule has 0 bridgehead atoms. The largest absolute Gasteiger partial charge is 0.466 e. The van der Waals surface area contributed by atoms with Gasteiger partial charge in [0.15, 0.2) is 0 Å². The summed E-state index contributed by atoms with van der Waals surface area (Å²) in [7, 11) is 1.30. The molecule has 1 aromatic carbocycles. The summed E-state index contributed by atoms with van der Waals surface area (Å²) in [5.41, 5.74) is 1.01. The Bertz CT molecular complexity index is 411. The highest BCUT2D eigenvalue weighted by Crippen LogP contribution is 2.28. The third-order valence-corrected chi connectivity index (χ3v) is 3.21. The molecule has 0 fully saturated rings. The van der Waals surface area contributed by atoms with Crippen molar-refractivity contribution >= 4 is 21.9 Å². The number of methoxy groups -OCH3 is 1. The normalized spacial score (nSPS) is 13.9. The van der Waals surface area contributed by atoms with E-state index in [1.807, 2.05) is 12.1 Å². The molecule has 0 spiro atoms. The second kappa shape index (κ2) is 5.98. The molecule has 0 aromatic heterocycles. The molecule has 0 aliphatic heterocycles. The Morgan fingerprint density at radius 3 is 2.41 bits per heavy atom. The van der Waals surface area contributed by atoms with Crippen LogP contribution in [0.4, 0.5) is 0 Å². The number of carbonyl (C=O) groups excluding carboxylic acids is 1. The van der Waals surface area contributed by atoms with Crippen molar-refractivity contribution < 1.29 is 14.6 Å². The molecule has 0 aliphatic rings. The summed E-state index contributed by atoms with van der Waals surface area (Å²) in [4.78, 5) is 11.3. The van der Waals surface area contributed by atoms with Gasteiger partial charge >= 0.3 is 5.97 Å². The summed E-state index contributed by atoms with van der Waals surface area (Å²) in [6.45, 7) is 5.39. The van der Waals surface area contributed by atoms with E-state index in [9.17, 15) is 9.90 Å². The summed E-state index contributed by atoms with van der Waals surface area (Å²) < 4.78 is 5.52. The highest BCUT2D eigenvalue weighted by Gasteiger charge is 2.23. The summed E-state index contributed by atoms with van der Waals surface area (Å²) >= 11 is 3.32. The predicted molar refractivity (Wildman–Crippen MR) is 69.4 cm³/mol. The van der Waals surface area contributed by atoms with E-state index in [1.54, 1.807) is 19.1 Å². The number of esters is 1. The first-order chi connectivity index (χ1) is 7.97. The number of rotatable bonds is 4. The molecule has 1 aromatic rings. The molecule has 0 radical (unpaired) electrons. The van der Waals surface area contributed by atoms with Crippen LogP contribution in [-0.4, -0.2) is 18.2 Å². The maximum atomic E-state index is 11.3. The van der Waals surface area contributed by atoms with Gasteiger partial charge in [-0.05, 0) is 17.7 Å². The molecule has 0 unspecified atom stereocenters. The van der Waals surface area contributed by atoms with Crippen molar-refractivity contribution in [1.29, 1.82) is 0 Å². The fourth-order valence-corrected chi connectivity index (χ4v) is 1.72. The Labute approximate surface area is 109 Å². The minimum Gasteiger partial charge on any atom is -0.466 e. The van der Waals surface area contributed by atoms with Gasteiger partial charge in [0.05, 0.1) is 13.2 Å². The molecule has 92 valence electrons. The zero-order valence-corrected chi connectivity index (χ0v) is 11.4. The minimum atomic E-state index is -0.769. The van der Waals surface area contributed by atoms with Crippen LogP contribution in [0.25, 0.3) is 0 Å². The monoisotopic (exact) mass is 298 g/mol. The molecule has 2 atom stereocenters. The Balaban J connectivity index is 2.82. The van der Waals surface area contributed by atoms with Crippen LogP contribution in [0.5, 0.6) is 0 Å². The summed E-state index contributed by atoms with van der Waals surface area (Å²) in [6.07, 6.45) is -0.769. The second-order valence-electron chi connectivity index (χ2n) is 3.80. The molecule has 0 saturated carbocycles. The van der Waals surface area contributed by atoms with E-state index in [0.717, 1.165) is 10.0 Å². The van der Waals surface area contributed by atoms with Gasteiger partial charge in [-0.15, -0.1) is 0 Å². The van der Waals surface area contributed by atoms with Gasteiger partial charge in [-0.1, -0.05) is 41.6 Å². The van der Waals surface area contributed by atoms with Gasteiger partial charge in [-0.25, -0.2) is 4.79 Å². The molecular formula is C13H15BrO3. The first kappa shape index (κ1) is 13.9. The van der Waals surface area contributed by atoms with Gasteiger partial charge in [0, 0.05) is 16.0 Å². The van der Waals surface area contributed by atoms with E-state index in [0.29, 0.717) is 0 Å². The summed E-state index contributed by atoms with van der Waals surface area (Å²) in [5, 5.41) is 10.1. The maximum absolute atomic E-state index is 11.3. The summed E-state index contributed by atoms with van der Waals surface area (Å²) in [6, 6.07) is 7.28. The topological polar surface area (TPSA) is 46.5 Å². The number of hydrogen-bond acceptors (Lipinski definition) is 3. The molecule has 17 heavy (non-hydrogen) atoms. The van der Waals surface area contributed by atoms with Gasteiger partial charge in [0.25, 0.3) is 0 Å². The highest BCUT2D eigenvalue weighted by atomic mass is 79.9. The van der Waals surface area contributed by atoms with E-state index < -0.39 is 12.1 Å². The molecule has 0 amide bonds. The number of ether oxygens (including phenoxy) is 1. The average molecular weight is 299 g/mol. The third-order valence-electron chi connectivity index (χ3n) is 2.68. The second-order valence-corrected chi connectivity index (χ2v) is 4.72. The Morgan fingerprint density at radius 1 is 1.41 bits per heavy atom. The molecule has 0 saturated heterocycles. The van der Waals surface area contributed by atoms with Crippen molar-refractivity contribution in [2.75, 3.05) is 7.11 Å². The Morgan fingerprint density at radius 2 is 1.94 bits per heavy atom. The van der Waals surface area contributed by atoms with Gasteiger partial charge < -0.3 is 9.84 Å². The molecule has 3 nitrogen and oxygen atoms in total. The van der Waals surface area contributed by atoms with Crippen molar-refractivity contribution in [2.45, 2.75) is 13.0 Å². The van der Waals surface area contributed by atoms with Crippen LogP contribution >= 0.6 is 15.9 Å². The molecule has 1 N–H and O–H groups in total. The third kappa shape index (κ3) is 3.41. The van der Waals surface area contributed by atoms with Gasteiger partial charge in [-0.3, -0.25) is 0 Å². The standard InChI is InChI=1S/C13H15BrO3/c1-8(9(2)13(16)17-3)12(15)10-4-6-11(14)7-5-10/h4-8,12,15H,2H2,1,3H3/t8-,12+/m1/s1. The number of aliphatic hydroxyl groups is 1. The zero-order chi connectivity index (χ0) is 13.0. The smallest absolute Gasteiger partial charge is 0.333 e. The molecule has 0 heterocycles. The fraction of sp³-hybridized carbons (Fsp3) is 0.308. The van der Waals surface area contributed by atoms with E-state index in [4.69, 9.17) is 0 Å². The van der Waals surface area contributed by atoms with Crippen LogP contribution in [0.2, 0.25) is 0 Å². The maximum Gasteiger partial charge on any atom is 0.333 e. The number of carbonyl (C=O) groups is 1. The van der Waals surface area contributed by atoms with Crippen LogP contribution in [0, 0.1) is 5.92 Å². The first-order valence-electron chi connectivity index (χ1n) is 5.18. The lowest BCUT2D eigenvalue weighted by atomic mass is 9.91. The molecule has 1 rings (SSSR count).